The Morgan fingerprint density at radius 2 is 0.417 bits per heavy atom. The van der Waals surface area contributed by atoms with Crippen LogP contribution in [0, 0.1) is 0 Å². The zero-order chi connectivity index (χ0) is 83.6. The van der Waals surface area contributed by atoms with E-state index < -0.39 is 0 Å². The molecule has 19 aromatic carbocycles. The molecule has 0 aliphatic heterocycles. The van der Waals surface area contributed by atoms with Crippen molar-refractivity contribution in [1.82, 2.24) is 28.2 Å². The average molecular weight is 1670 g/mol. The van der Waals surface area contributed by atoms with Crippen molar-refractivity contribution in [3.63, 3.8) is 0 Å². The van der Waals surface area contributed by atoms with Crippen LogP contribution in [0.5, 0.6) is 0 Å². The third kappa shape index (κ3) is 12.5. The lowest BCUT2D eigenvalue weighted by molar-refractivity contribution is 1.15. The third-order valence-electron chi connectivity index (χ3n) is 25.4. The van der Waals surface area contributed by atoms with Crippen LogP contribution in [0.1, 0.15) is 0 Å². The largest absolute Gasteiger partial charge is 0.309 e. The quantitative estimate of drug-likeness (QED) is 0.137. The van der Waals surface area contributed by atoms with Crippen LogP contribution >= 0.6 is 34.0 Å². The van der Waals surface area contributed by atoms with E-state index in [1.54, 1.807) is 6.33 Å². The van der Waals surface area contributed by atoms with E-state index in [-0.39, 0.29) is 0 Å². The van der Waals surface area contributed by atoms with Crippen molar-refractivity contribution in [1.29, 1.82) is 0 Å². The summed E-state index contributed by atoms with van der Waals surface area (Å²) in [6.07, 6.45) is 1.67. The molecule has 0 aliphatic carbocycles. The maximum atomic E-state index is 4.71. The first-order chi connectivity index (χ1) is 63.0. The summed E-state index contributed by atoms with van der Waals surface area (Å²) in [6.45, 7) is 0. The van der Waals surface area contributed by atoms with E-state index in [1.165, 1.54) is 204 Å². The maximum Gasteiger partial charge on any atom is 0.116 e. The van der Waals surface area contributed by atoms with E-state index in [2.05, 4.69) is 461 Å². The number of hydrogen-bond donors (Lipinski definition) is 0. The van der Waals surface area contributed by atoms with Gasteiger partial charge < -0.3 is 18.3 Å². The molecule has 27 rings (SSSR count). The molecule has 0 amide bonds. The smallest absolute Gasteiger partial charge is 0.116 e. The summed E-state index contributed by atoms with van der Waals surface area (Å²) in [4.78, 5) is 9.42. The van der Waals surface area contributed by atoms with Gasteiger partial charge >= 0.3 is 0 Å². The highest BCUT2D eigenvalue weighted by Crippen LogP contribution is 2.49. The number of para-hydroxylation sites is 8. The highest BCUT2D eigenvalue weighted by molar-refractivity contribution is 7.27. The summed E-state index contributed by atoms with van der Waals surface area (Å²) in [5, 5.41) is 18.1. The molecule has 6 nitrogen and oxygen atoms in total. The van der Waals surface area contributed by atoms with Gasteiger partial charge in [-0.25, -0.2) is 9.97 Å². The Morgan fingerprint density at radius 3 is 0.756 bits per heavy atom. The van der Waals surface area contributed by atoms with Gasteiger partial charge in [-0.2, -0.15) is 0 Å². The van der Waals surface area contributed by atoms with Crippen molar-refractivity contribution in [3.05, 3.63) is 449 Å². The summed E-state index contributed by atoms with van der Waals surface area (Å²) in [5.41, 5.74) is 28.2. The molecule has 9 heteroatoms. The molecule has 0 atom stereocenters. The van der Waals surface area contributed by atoms with Crippen molar-refractivity contribution in [3.8, 4) is 89.8 Å². The first-order valence-corrected chi connectivity index (χ1v) is 45.5. The molecule has 0 saturated carbocycles. The van der Waals surface area contributed by atoms with Gasteiger partial charge in [-0.05, 0) is 196 Å². The van der Waals surface area contributed by atoms with E-state index in [4.69, 9.17) is 9.97 Å². The Labute approximate surface area is 743 Å². The molecule has 0 bridgehead atoms. The van der Waals surface area contributed by atoms with Crippen LogP contribution in [-0.2, 0) is 0 Å². The van der Waals surface area contributed by atoms with Crippen LogP contribution in [0.15, 0.2) is 449 Å². The Bertz CT molecular complexity index is 8310. The summed E-state index contributed by atoms with van der Waals surface area (Å²) in [6, 6.07) is 160. The predicted molar refractivity (Wildman–Crippen MR) is 544 cm³/mol. The summed E-state index contributed by atoms with van der Waals surface area (Å²) < 4.78 is 17.5. The lowest BCUT2D eigenvalue weighted by Gasteiger charge is -2.13. The Morgan fingerprint density at radius 1 is 0.157 bits per heavy atom. The average Bonchev–Trinajstić information content (AvgIpc) is 1.61. The highest BCUT2D eigenvalue weighted by atomic mass is 32.1. The van der Waals surface area contributed by atoms with Gasteiger partial charge in [0.15, 0.2) is 0 Å². The van der Waals surface area contributed by atoms with Gasteiger partial charge in [0.05, 0.1) is 55.5 Å². The monoisotopic (exact) mass is 1670 g/mol. The van der Waals surface area contributed by atoms with Crippen molar-refractivity contribution in [2.75, 3.05) is 0 Å². The van der Waals surface area contributed by atoms with Crippen molar-refractivity contribution < 1.29 is 0 Å². The molecule has 0 N–H and O–H groups in total. The van der Waals surface area contributed by atoms with Crippen LogP contribution in [0.25, 0.3) is 238 Å². The highest BCUT2D eigenvalue weighted by Gasteiger charge is 2.23. The molecule has 8 heterocycles. The number of thiophene rings is 3. The molecule has 0 aliphatic rings. The molecule has 0 fully saturated rings. The van der Waals surface area contributed by atoms with E-state index in [9.17, 15) is 0 Å². The van der Waals surface area contributed by atoms with Gasteiger partial charge in [0.2, 0.25) is 0 Å². The van der Waals surface area contributed by atoms with Crippen LogP contribution < -0.4 is 0 Å². The summed E-state index contributed by atoms with van der Waals surface area (Å²) >= 11 is 5.70. The van der Waals surface area contributed by atoms with Crippen molar-refractivity contribution >= 4 is 182 Å². The van der Waals surface area contributed by atoms with Crippen LogP contribution in [0.2, 0.25) is 0 Å². The van der Waals surface area contributed by atoms with Gasteiger partial charge in [-0.1, -0.05) is 291 Å². The zero-order valence-electron chi connectivity index (χ0n) is 68.6. The number of benzene rings is 19. The lowest BCUT2D eigenvalue weighted by atomic mass is 9.92. The number of aromatic nitrogens is 6. The SMILES string of the molecule is c1cc(-c2cc(-c3cccc(-n4c5ccccc5c5ccccc54)c3)ncn2)cc(-n2c3ccccc3c3ccccc32)c1.c1ccc(-n2c3ccccc3c3cc(-c4ccc5c(c4)c4ccccc4n5-c4ccccc4)ccc32)cc1.c1ccc2c(c1)sc1c(-c3cc(-c4cccc5c4sc4ccccc45)cc(-c4cccc5c4sc4ccccc45)c3)cccc12. The van der Waals surface area contributed by atoms with Crippen LogP contribution in [0.4, 0.5) is 0 Å². The van der Waals surface area contributed by atoms with Crippen molar-refractivity contribution in [2.45, 2.75) is 0 Å². The lowest BCUT2D eigenvalue weighted by Crippen LogP contribution is -1.96. The number of fused-ring (bicyclic) bond motifs is 21. The predicted octanol–water partition coefficient (Wildman–Crippen LogP) is 33.3. The molecule has 0 radical (unpaired) electrons. The van der Waals surface area contributed by atoms with Crippen LogP contribution in [0.3, 0.4) is 0 Å². The standard InChI is InChI=1S/C42H24S3.C40H26N4.C36H24N2/c1-4-19-37-31(10-1)34-16-7-13-28(40(34)43-37)25-22-26(29-14-8-17-35-32-11-2-5-20-38(32)44-41(29)35)24-27(23-25)30-15-9-18-36-33-12-3-6-21-39(33)45-42(30)36;1-5-19-37-31(15-1)32-16-2-6-20-38(32)43(37)29-13-9-11-27(23-29)35-25-36(42-26-41-35)28-12-10-14-30(24-28)44-39-21-7-3-17-33(39)34-18-4-8-22-40(34)44;1-3-11-27(12-4-1)37-33-17-9-7-15-29(33)31-23-25(19-21-35(31)37)26-20-22-36-32(24-26)30-16-8-10-18-34(30)38(36)28-13-5-2-6-14-28/h1-24H;1-26H;1-24H. The Kier molecular flexibility index (Phi) is 17.8. The summed E-state index contributed by atoms with van der Waals surface area (Å²) in [7, 11) is 0. The molecule has 8 aromatic heterocycles. The first-order valence-electron chi connectivity index (χ1n) is 43.0. The summed E-state index contributed by atoms with van der Waals surface area (Å²) in [5.74, 6) is 0. The Balaban J connectivity index is 0.000000104. The number of hydrogen-bond acceptors (Lipinski definition) is 5. The van der Waals surface area contributed by atoms with E-state index in [0.717, 1.165) is 33.9 Å². The van der Waals surface area contributed by atoms with Crippen LogP contribution in [-0.4, -0.2) is 28.2 Å². The number of rotatable bonds is 10. The molecule has 0 saturated heterocycles. The fourth-order valence-corrected chi connectivity index (χ4v) is 23.4. The second-order valence-electron chi connectivity index (χ2n) is 32.6. The zero-order valence-corrected chi connectivity index (χ0v) is 71.1. The van der Waals surface area contributed by atoms with E-state index >= 15 is 0 Å². The van der Waals surface area contributed by atoms with Crippen molar-refractivity contribution in [2.24, 2.45) is 0 Å². The first kappa shape index (κ1) is 73.8. The van der Waals surface area contributed by atoms with E-state index in [0.29, 0.717) is 0 Å². The second kappa shape index (κ2) is 30.6. The molecule has 0 spiro atoms. The van der Waals surface area contributed by atoms with Gasteiger partial charge in [0.25, 0.3) is 0 Å². The second-order valence-corrected chi connectivity index (χ2v) is 35.8. The molecular formula is C118H74N6S3. The maximum absolute atomic E-state index is 4.71. The van der Waals surface area contributed by atoms with Gasteiger partial charge in [0, 0.05) is 137 Å². The minimum Gasteiger partial charge on any atom is -0.309 e. The Hall–Kier alpha value is -15.9. The minimum absolute atomic E-state index is 0.889. The number of nitrogens with zero attached hydrogens (tertiary/aromatic N) is 6. The fraction of sp³-hybridized carbons (Fsp3) is 0. The molecule has 27 aromatic rings. The van der Waals surface area contributed by atoms with Gasteiger partial charge in [-0.3, -0.25) is 0 Å². The van der Waals surface area contributed by atoms with E-state index in [1.807, 2.05) is 34.0 Å². The third-order valence-corrected chi connectivity index (χ3v) is 29.1. The topological polar surface area (TPSA) is 45.5 Å². The van der Waals surface area contributed by atoms with Gasteiger partial charge in [-0.15, -0.1) is 34.0 Å². The fourth-order valence-electron chi connectivity index (χ4n) is 19.7. The normalized spacial score (nSPS) is 11.8. The molecule has 0 unspecified atom stereocenters. The van der Waals surface area contributed by atoms with Gasteiger partial charge in [0.1, 0.15) is 6.33 Å². The molecular weight excluding hydrogens is 1600 g/mol. The molecule has 594 valence electrons. The molecule has 127 heavy (non-hydrogen) atoms. The minimum atomic E-state index is 0.889.